The lowest BCUT2D eigenvalue weighted by Gasteiger charge is -2.17. The Balaban J connectivity index is 0.00000162. The molecule has 1 amide bonds. The van der Waals surface area contributed by atoms with E-state index in [2.05, 4.69) is 5.32 Å². The van der Waals surface area contributed by atoms with E-state index >= 15 is 0 Å². The molecule has 1 saturated heterocycles. The van der Waals surface area contributed by atoms with Gasteiger partial charge in [-0.1, -0.05) is 23.2 Å². The molecule has 0 aliphatic carbocycles. The van der Waals surface area contributed by atoms with Crippen LogP contribution in [0, 0.1) is 0 Å². The minimum atomic E-state index is -0.0237. The van der Waals surface area contributed by atoms with Crippen molar-refractivity contribution < 1.29 is 4.79 Å². The van der Waals surface area contributed by atoms with Crippen LogP contribution in [-0.2, 0) is 0 Å². The molecule has 1 aliphatic heterocycles. The molecule has 3 nitrogen and oxygen atoms in total. The lowest BCUT2D eigenvalue weighted by atomic mass is 10.2. The highest BCUT2D eigenvalue weighted by Crippen LogP contribution is 2.23. The van der Waals surface area contributed by atoms with Gasteiger partial charge >= 0.3 is 0 Å². The van der Waals surface area contributed by atoms with E-state index in [0.717, 1.165) is 19.5 Å². The molecule has 0 aromatic heterocycles. The molecule has 1 aromatic carbocycles. The van der Waals surface area contributed by atoms with Crippen LogP contribution in [0.2, 0.25) is 10.0 Å². The van der Waals surface area contributed by atoms with Gasteiger partial charge in [0.2, 0.25) is 0 Å². The summed E-state index contributed by atoms with van der Waals surface area (Å²) >= 11 is 11.8. The number of benzene rings is 1. The molecule has 1 heterocycles. The van der Waals surface area contributed by atoms with Gasteiger partial charge in [0.25, 0.3) is 5.91 Å². The van der Waals surface area contributed by atoms with Crippen LogP contribution in [0.25, 0.3) is 0 Å². The van der Waals surface area contributed by atoms with Gasteiger partial charge in [0.15, 0.2) is 0 Å². The second-order valence-electron chi connectivity index (χ2n) is 4.15. The third-order valence-corrected chi connectivity index (χ3v) is 3.59. The zero-order valence-corrected chi connectivity index (χ0v) is 12.3. The third-order valence-electron chi connectivity index (χ3n) is 3.05. The van der Waals surface area contributed by atoms with Gasteiger partial charge in [-0.15, -0.1) is 12.4 Å². The molecule has 0 bridgehead atoms. The zero-order valence-electron chi connectivity index (χ0n) is 9.95. The molecule has 1 unspecified atom stereocenters. The number of halogens is 3. The molecule has 1 N–H and O–H groups in total. The van der Waals surface area contributed by atoms with Crippen LogP contribution in [0.3, 0.4) is 0 Å². The Bertz CT molecular complexity index is 439. The molecule has 18 heavy (non-hydrogen) atoms. The monoisotopic (exact) mass is 308 g/mol. The van der Waals surface area contributed by atoms with E-state index in [-0.39, 0.29) is 18.3 Å². The summed E-state index contributed by atoms with van der Waals surface area (Å²) in [6.45, 7) is 1.50. The van der Waals surface area contributed by atoms with Crippen molar-refractivity contribution in [3.8, 4) is 0 Å². The summed E-state index contributed by atoms with van der Waals surface area (Å²) in [6, 6.07) is 5.35. The molecular weight excluding hydrogens is 295 g/mol. The van der Waals surface area contributed by atoms with Gasteiger partial charge in [0, 0.05) is 24.2 Å². The van der Waals surface area contributed by atoms with Gasteiger partial charge < -0.3 is 10.2 Å². The highest BCUT2D eigenvalue weighted by molar-refractivity contribution is 6.36. The minimum absolute atomic E-state index is 0. The van der Waals surface area contributed by atoms with E-state index in [4.69, 9.17) is 23.2 Å². The fourth-order valence-corrected chi connectivity index (χ4v) is 2.50. The predicted molar refractivity (Wildman–Crippen MR) is 77.1 cm³/mol. The summed E-state index contributed by atoms with van der Waals surface area (Å²) in [7, 11) is 1.91. The second-order valence-corrected chi connectivity index (χ2v) is 4.99. The van der Waals surface area contributed by atoms with Crippen LogP contribution in [0.15, 0.2) is 18.2 Å². The number of carbonyl (C=O) groups is 1. The smallest absolute Gasteiger partial charge is 0.255 e. The van der Waals surface area contributed by atoms with Crippen molar-refractivity contribution in [2.45, 2.75) is 12.5 Å². The first kappa shape index (κ1) is 15.6. The summed E-state index contributed by atoms with van der Waals surface area (Å²) in [5, 5.41) is 4.13. The van der Waals surface area contributed by atoms with Gasteiger partial charge in [-0.25, -0.2) is 0 Å². The van der Waals surface area contributed by atoms with E-state index in [1.54, 1.807) is 18.2 Å². The first-order valence-electron chi connectivity index (χ1n) is 5.53. The van der Waals surface area contributed by atoms with E-state index < -0.39 is 0 Å². The first-order valence-corrected chi connectivity index (χ1v) is 6.29. The van der Waals surface area contributed by atoms with Crippen LogP contribution in [0.5, 0.6) is 0 Å². The standard InChI is InChI=1S/C12H14Cl2N2O.ClH/c1-15-9-4-5-16(7-9)12(17)10-3-2-8(13)6-11(10)14;/h2-3,6,9,15H,4-5,7H2,1H3;1H. The highest BCUT2D eigenvalue weighted by Gasteiger charge is 2.26. The fourth-order valence-electron chi connectivity index (χ4n) is 2.01. The fraction of sp³-hybridized carbons (Fsp3) is 0.417. The van der Waals surface area contributed by atoms with Crippen molar-refractivity contribution >= 4 is 41.5 Å². The number of rotatable bonds is 2. The summed E-state index contributed by atoms with van der Waals surface area (Å²) in [4.78, 5) is 14.0. The molecular formula is C12H15Cl3N2O. The number of nitrogens with zero attached hydrogens (tertiary/aromatic N) is 1. The Morgan fingerprint density at radius 3 is 2.72 bits per heavy atom. The van der Waals surface area contributed by atoms with Crippen LogP contribution in [-0.4, -0.2) is 37.0 Å². The van der Waals surface area contributed by atoms with E-state index in [0.29, 0.717) is 21.7 Å². The molecule has 2 rings (SSSR count). The number of nitrogens with one attached hydrogen (secondary N) is 1. The van der Waals surface area contributed by atoms with Crippen LogP contribution in [0.1, 0.15) is 16.8 Å². The predicted octanol–water partition coefficient (Wildman–Crippen LogP) is 2.85. The van der Waals surface area contributed by atoms with Crippen molar-refractivity contribution in [3.05, 3.63) is 33.8 Å². The molecule has 100 valence electrons. The lowest BCUT2D eigenvalue weighted by Crippen LogP contribution is -2.33. The SMILES string of the molecule is CNC1CCN(C(=O)c2ccc(Cl)cc2Cl)C1.Cl. The Morgan fingerprint density at radius 2 is 2.17 bits per heavy atom. The van der Waals surface area contributed by atoms with Crippen molar-refractivity contribution in [2.24, 2.45) is 0 Å². The maximum absolute atomic E-state index is 12.2. The molecule has 1 fully saturated rings. The molecule has 0 radical (unpaired) electrons. The molecule has 6 heteroatoms. The molecule has 0 spiro atoms. The molecule has 1 atom stereocenters. The first-order chi connectivity index (χ1) is 8.11. The van der Waals surface area contributed by atoms with Crippen molar-refractivity contribution in [3.63, 3.8) is 0 Å². The minimum Gasteiger partial charge on any atom is -0.337 e. The largest absolute Gasteiger partial charge is 0.337 e. The second kappa shape index (κ2) is 6.62. The van der Waals surface area contributed by atoms with Crippen LogP contribution < -0.4 is 5.32 Å². The number of likely N-dealkylation sites (N-methyl/N-ethyl adjacent to an activating group) is 1. The Kier molecular flexibility index (Phi) is 5.73. The van der Waals surface area contributed by atoms with Gasteiger partial charge in [0.05, 0.1) is 10.6 Å². The summed E-state index contributed by atoms with van der Waals surface area (Å²) in [6.07, 6.45) is 0.980. The average molecular weight is 310 g/mol. The maximum Gasteiger partial charge on any atom is 0.255 e. The lowest BCUT2D eigenvalue weighted by molar-refractivity contribution is 0.0790. The Labute approximate surface area is 123 Å². The Morgan fingerprint density at radius 1 is 1.44 bits per heavy atom. The van der Waals surface area contributed by atoms with E-state index in [1.165, 1.54) is 0 Å². The molecule has 0 saturated carbocycles. The van der Waals surface area contributed by atoms with Crippen molar-refractivity contribution in [2.75, 3.05) is 20.1 Å². The zero-order chi connectivity index (χ0) is 12.4. The van der Waals surface area contributed by atoms with Crippen LogP contribution in [0.4, 0.5) is 0 Å². The number of likely N-dealkylation sites (tertiary alicyclic amines) is 1. The van der Waals surface area contributed by atoms with Crippen LogP contribution >= 0.6 is 35.6 Å². The van der Waals surface area contributed by atoms with E-state index in [9.17, 15) is 4.79 Å². The maximum atomic E-state index is 12.2. The van der Waals surface area contributed by atoms with Gasteiger partial charge in [-0.05, 0) is 31.7 Å². The normalized spacial score (nSPS) is 18.6. The van der Waals surface area contributed by atoms with Crippen molar-refractivity contribution in [1.29, 1.82) is 0 Å². The molecule has 1 aliphatic rings. The van der Waals surface area contributed by atoms with Gasteiger partial charge in [0.1, 0.15) is 0 Å². The summed E-state index contributed by atoms with van der Waals surface area (Å²) in [5.74, 6) is -0.0237. The van der Waals surface area contributed by atoms with Crippen molar-refractivity contribution in [1.82, 2.24) is 10.2 Å². The Hall–Kier alpha value is -0.480. The topological polar surface area (TPSA) is 32.3 Å². The van der Waals surface area contributed by atoms with E-state index in [1.807, 2.05) is 11.9 Å². The highest BCUT2D eigenvalue weighted by atomic mass is 35.5. The number of hydrogen-bond donors (Lipinski definition) is 1. The number of hydrogen-bond acceptors (Lipinski definition) is 2. The quantitative estimate of drug-likeness (QED) is 0.911. The van der Waals surface area contributed by atoms with Gasteiger partial charge in [-0.2, -0.15) is 0 Å². The molecule has 1 aromatic rings. The number of amides is 1. The average Bonchev–Trinajstić information content (AvgIpc) is 2.76. The summed E-state index contributed by atoms with van der Waals surface area (Å²) < 4.78 is 0. The van der Waals surface area contributed by atoms with Gasteiger partial charge in [-0.3, -0.25) is 4.79 Å². The summed E-state index contributed by atoms with van der Waals surface area (Å²) in [5.41, 5.74) is 0.521. The third kappa shape index (κ3) is 3.29. The number of carbonyl (C=O) groups excluding carboxylic acids is 1.